The zero-order valence-electron chi connectivity index (χ0n) is 20.9. The van der Waals surface area contributed by atoms with E-state index in [2.05, 4.69) is 0 Å². The topological polar surface area (TPSA) is 78.7 Å². The van der Waals surface area contributed by atoms with E-state index in [0.717, 1.165) is 27.2 Å². The van der Waals surface area contributed by atoms with Gasteiger partial charge in [-0.05, 0) is 43.3 Å². The summed E-state index contributed by atoms with van der Waals surface area (Å²) in [6.07, 6.45) is 0. The van der Waals surface area contributed by atoms with Gasteiger partial charge in [0.25, 0.3) is 5.91 Å². The van der Waals surface area contributed by atoms with Crippen LogP contribution in [-0.4, -0.2) is 55.2 Å². The molecule has 3 aromatic heterocycles. The number of benzene rings is 2. The fraction of sp³-hybridized carbons (Fsp3) is 0.222. The quantitative estimate of drug-likeness (QED) is 0.237. The van der Waals surface area contributed by atoms with E-state index in [4.69, 9.17) is 24.3 Å². The minimum atomic E-state index is -0.129. The van der Waals surface area contributed by atoms with Crippen LogP contribution in [0.5, 0.6) is 11.5 Å². The minimum Gasteiger partial charge on any atom is -0.497 e. The average Bonchev–Trinajstić information content (AvgIpc) is 3.66. The predicted octanol–water partition coefficient (Wildman–Crippen LogP) is 5.83. The number of thiazole rings is 1. The summed E-state index contributed by atoms with van der Waals surface area (Å²) in [5.41, 5.74) is 3.33. The smallest absolute Gasteiger partial charge is 0.270 e. The van der Waals surface area contributed by atoms with Crippen molar-refractivity contribution in [2.45, 2.75) is 6.92 Å². The largest absolute Gasteiger partial charge is 0.497 e. The zero-order chi connectivity index (χ0) is 25.9. The number of aromatic nitrogens is 3. The van der Waals surface area contributed by atoms with Crippen LogP contribution in [0.4, 0.5) is 5.13 Å². The molecule has 0 aliphatic heterocycles. The number of nitrogens with zero attached hydrogens (tertiary/aromatic N) is 4. The number of carbonyl (C=O) groups is 1. The average molecular weight is 535 g/mol. The number of fused-ring (bicyclic) bond motifs is 1. The van der Waals surface area contributed by atoms with E-state index in [1.165, 1.54) is 22.7 Å². The number of methoxy groups -OCH3 is 3. The summed E-state index contributed by atoms with van der Waals surface area (Å²) >= 11 is 2.83. The highest BCUT2D eigenvalue weighted by molar-refractivity contribution is 7.20. The van der Waals surface area contributed by atoms with Gasteiger partial charge in [-0.2, -0.15) is 5.10 Å². The second kappa shape index (κ2) is 10.7. The number of thiophene rings is 1. The monoisotopic (exact) mass is 534 g/mol. The van der Waals surface area contributed by atoms with Gasteiger partial charge in [-0.15, -0.1) is 22.7 Å². The van der Waals surface area contributed by atoms with Gasteiger partial charge in [-0.25, -0.2) is 9.67 Å². The molecule has 0 unspecified atom stereocenters. The number of amides is 1. The molecule has 0 saturated heterocycles. The van der Waals surface area contributed by atoms with Crippen LogP contribution in [0.25, 0.3) is 27.2 Å². The van der Waals surface area contributed by atoms with Crippen molar-refractivity contribution in [1.29, 1.82) is 0 Å². The molecule has 5 rings (SSSR count). The SMILES string of the molecule is COCCN(C(=O)c1cc2c(C)nn(-c3ccccc3)c2s1)c1nc(-c2cc(OC)ccc2OC)cs1. The highest BCUT2D eigenvalue weighted by Crippen LogP contribution is 2.37. The van der Waals surface area contributed by atoms with Gasteiger partial charge in [0, 0.05) is 23.4 Å². The third kappa shape index (κ3) is 4.83. The highest BCUT2D eigenvalue weighted by atomic mass is 32.1. The van der Waals surface area contributed by atoms with Gasteiger partial charge in [0.1, 0.15) is 16.3 Å². The maximum atomic E-state index is 13.8. The van der Waals surface area contributed by atoms with E-state index in [1.54, 1.807) is 26.2 Å². The maximum Gasteiger partial charge on any atom is 0.270 e. The molecular weight excluding hydrogens is 508 g/mol. The normalized spacial score (nSPS) is 11.1. The first-order chi connectivity index (χ1) is 18.0. The van der Waals surface area contributed by atoms with Crippen molar-refractivity contribution >= 4 is 43.9 Å². The Hall–Kier alpha value is -3.73. The number of rotatable bonds is 9. The lowest BCUT2D eigenvalue weighted by Crippen LogP contribution is -2.33. The first-order valence-electron chi connectivity index (χ1n) is 11.6. The van der Waals surface area contributed by atoms with Crippen molar-refractivity contribution < 1.29 is 19.0 Å². The number of hydrogen-bond acceptors (Lipinski definition) is 8. The van der Waals surface area contributed by atoms with E-state index >= 15 is 0 Å². The van der Waals surface area contributed by atoms with Gasteiger partial charge in [0.05, 0.1) is 49.3 Å². The van der Waals surface area contributed by atoms with Gasteiger partial charge >= 0.3 is 0 Å². The van der Waals surface area contributed by atoms with Crippen LogP contribution in [0.15, 0.2) is 60.0 Å². The third-order valence-corrected chi connectivity index (χ3v) is 7.89. The summed E-state index contributed by atoms with van der Waals surface area (Å²) in [4.78, 5) is 21.8. The van der Waals surface area contributed by atoms with Crippen molar-refractivity contribution in [2.75, 3.05) is 39.4 Å². The van der Waals surface area contributed by atoms with Crippen LogP contribution in [0.3, 0.4) is 0 Å². The first kappa shape index (κ1) is 24.9. The molecule has 0 saturated carbocycles. The maximum absolute atomic E-state index is 13.8. The molecule has 10 heteroatoms. The number of carbonyl (C=O) groups excluding carboxylic acids is 1. The third-order valence-electron chi connectivity index (χ3n) is 5.93. The molecule has 5 aromatic rings. The molecule has 37 heavy (non-hydrogen) atoms. The number of hydrogen-bond donors (Lipinski definition) is 0. The van der Waals surface area contributed by atoms with E-state index in [9.17, 15) is 4.79 Å². The Morgan fingerprint density at radius 3 is 2.59 bits per heavy atom. The summed E-state index contributed by atoms with van der Waals surface area (Å²) in [5.74, 6) is 1.25. The lowest BCUT2D eigenvalue weighted by Gasteiger charge is -2.18. The summed E-state index contributed by atoms with van der Waals surface area (Å²) in [6.45, 7) is 2.71. The van der Waals surface area contributed by atoms with Crippen molar-refractivity contribution in [1.82, 2.24) is 14.8 Å². The Morgan fingerprint density at radius 1 is 1.05 bits per heavy atom. The summed E-state index contributed by atoms with van der Waals surface area (Å²) in [7, 11) is 4.86. The molecule has 0 N–H and O–H groups in total. The molecular formula is C27H26N4O4S2. The van der Waals surface area contributed by atoms with E-state index in [1.807, 2.05) is 71.6 Å². The number of para-hydroxylation sites is 1. The lowest BCUT2D eigenvalue weighted by molar-refractivity contribution is 0.0980. The number of ether oxygens (including phenoxy) is 3. The van der Waals surface area contributed by atoms with Crippen molar-refractivity contribution in [2.24, 2.45) is 0 Å². The van der Waals surface area contributed by atoms with Crippen LogP contribution in [0.2, 0.25) is 0 Å². The van der Waals surface area contributed by atoms with Crippen LogP contribution < -0.4 is 14.4 Å². The Kier molecular flexibility index (Phi) is 7.22. The summed E-state index contributed by atoms with van der Waals surface area (Å²) in [6, 6.07) is 17.4. The van der Waals surface area contributed by atoms with E-state index in [-0.39, 0.29) is 5.91 Å². The summed E-state index contributed by atoms with van der Waals surface area (Å²) < 4.78 is 18.1. The predicted molar refractivity (Wildman–Crippen MR) is 148 cm³/mol. The Labute approximate surface area is 222 Å². The molecule has 2 aromatic carbocycles. The van der Waals surface area contributed by atoms with Gasteiger partial charge in [0.15, 0.2) is 5.13 Å². The molecule has 0 fully saturated rings. The zero-order valence-corrected chi connectivity index (χ0v) is 22.6. The molecule has 0 atom stereocenters. The van der Waals surface area contributed by atoms with Crippen LogP contribution in [0, 0.1) is 6.92 Å². The Balaban J connectivity index is 1.51. The van der Waals surface area contributed by atoms with Crippen molar-refractivity contribution in [3.05, 3.63) is 70.5 Å². The Bertz CT molecular complexity index is 1540. The van der Waals surface area contributed by atoms with Gasteiger partial charge in [-0.3, -0.25) is 9.69 Å². The van der Waals surface area contributed by atoms with Crippen molar-refractivity contribution in [3.8, 4) is 28.4 Å². The van der Waals surface area contributed by atoms with Crippen LogP contribution in [-0.2, 0) is 4.74 Å². The molecule has 3 heterocycles. The highest BCUT2D eigenvalue weighted by Gasteiger charge is 2.25. The Morgan fingerprint density at radius 2 is 1.86 bits per heavy atom. The van der Waals surface area contributed by atoms with Crippen molar-refractivity contribution in [3.63, 3.8) is 0 Å². The summed E-state index contributed by atoms with van der Waals surface area (Å²) in [5, 5.41) is 8.16. The van der Waals surface area contributed by atoms with Gasteiger partial charge < -0.3 is 14.2 Å². The second-order valence-electron chi connectivity index (χ2n) is 8.19. The van der Waals surface area contributed by atoms with Gasteiger partial charge in [-0.1, -0.05) is 18.2 Å². The first-order valence-corrected chi connectivity index (χ1v) is 13.3. The molecule has 0 spiro atoms. The molecule has 0 bridgehead atoms. The minimum absolute atomic E-state index is 0.129. The molecule has 1 amide bonds. The number of anilines is 1. The van der Waals surface area contributed by atoms with Gasteiger partial charge in [0.2, 0.25) is 0 Å². The number of aryl methyl sites for hydroxylation is 1. The lowest BCUT2D eigenvalue weighted by atomic mass is 10.1. The molecule has 190 valence electrons. The van der Waals surface area contributed by atoms with Crippen LogP contribution >= 0.6 is 22.7 Å². The molecule has 8 nitrogen and oxygen atoms in total. The molecule has 0 aliphatic carbocycles. The second-order valence-corrected chi connectivity index (χ2v) is 10.1. The molecule has 0 aliphatic rings. The fourth-order valence-electron chi connectivity index (χ4n) is 4.02. The van der Waals surface area contributed by atoms with E-state index < -0.39 is 0 Å². The van der Waals surface area contributed by atoms with E-state index in [0.29, 0.717) is 40.4 Å². The molecule has 0 radical (unpaired) electrons. The standard InChI is InChI=1S/C27H26N4O4S2/c1-17-20-15-24(37-26(20)31(29-17)18-8-6-5-7-9-18)25(32)30(12-13-33-2)27-28-22(16-36-27)21-14-19(34-3)10-11-23(21)35-4/h5-11,14-16H,12-13H2,1-4H3. The fourth-order valence-corrected chi connectivity index (χ4v) is 6.00. The van der Waals surface area contributed by atoms with Crippen LogP contribution in [0.1, 0.15) is 15.4 Å².